The van der Waals surface area contributed by atoms with E-state index in [0.717, 1.165) is 0 Å². The molecule has 0 aliphatic heterocycles. The van der Waals surface area contributed by atoms with Crippen LogP contribution in [0, 0.1) is 103 Å². The minimum absolute atomic E-state index is 0. The molecule has 33 nitrogen and oxygen atoms in total. The number of carboxylic acids is 8. The molecule has 0 bridgehead atoms. The van der Waals surface area contributed by atoms with Crippen molar-refractivity contribution < 1.29 is 141 Å². The molecule has 0 rings (SSSR count). The fourth-order valence-corrected chi connectivity index (χ4v) is 0. The maximum Gasteiger partial charge on any atom is 3.00 e. The third-order valence-corrected chi connectivity index (χ3v) is 0.732. The fraction of sp³-hybridized carbons (Fsp3) is 0. The summed E-state index contributed by atoms with van der Waals surface area (Å²) < 4.78 is 0. The van der Waals surface area contributed by atoms with Crippen LogP contribution in [0.5, 0.6) is 0 Å². The van der Waals surface area contributed by atoms with Gasteiger partial charge < -0.3 is 108 Å². The van der Waals surface area contributed by atoms with Gasteiger partial charge in [0, 0.05) is 0 Å². The first-order valence-electron chi connectivity index (χ1n) is 6.61. The molecule has 1 radical (unpaired) electrons. The molecule has 0 aromatic heterocycles. The van der Waals surface area contributed by atoms with Crippen molar-refractivity contribution in [3.8, 4) is 0 Å². The second kappa shape index (κ2) is 44.9. The Morgan fingerprint density at radius 1 is 0.310 bits per heavy atom. The predicted octanol–water partition coefficient (Wildman–Crippen LogP) is -3.96. The van der Waals surface area contributed by atoms with E-state index in [-0.39, 0.29) is 47.9 Å². The zero-order valence-electron chi connectivity index (χ0n) is 19.0. The molecule has 0 saturated carbocycles. The standard InChI is InChI=1S/4C2H2O4.Ce.4NO3.H3N/c4*3-1(4)2(5)6;;4*2-1(3)4;/h4*(H,3,4)(H,5,6);;;;;;1H3/q;;;;+3;4*-1;/p+1. The Balaban J connectivity index is -0.0000000349. The van der Waals surface area contributed by atoms with E-state index >= 15 is 0 Å². The van der Waals surface area contributed by atoms with Crippen molar-refractivity contribution in [2.75, 3.05) is 0 Å². The Labute approximate surface area is 256 Å². The third kappa shape index (κ3) is 375. The van der Waals surface area contributed by atoms with E-state index in [2.05, 4.69) is 0 Å². The Bertz CT molecular complexity index is 689. The summed E-state index contributed by atoms with van der Waals surface area (Å²) in [6, 6.07) is 0. The van der Waals surface area contributed by atoms with Crippen LogP contribution >= 0.6 is 0 Å². The van der Waals surface area contributed by atoms with E-state index in [9.17, 15) is 0 Å². The minimum atomic E-state index is -1.82. The molecule has 42 heavy (non-hydrogen) atoms. The SMILES string of the molecule is O=C(O)C(=O)O.O=C(O)C(=O)O.O=C(O)C(=O)O.O=C(O)C(=O)O.O=[N+]([O-])[O-].O=[N+]([O-])[O-].O=[N+]([O-])[O-].O=[N+]([O-])[O-].[Ce+3].[NH4+]. The molecule has 241 valence electrons. The number of rotatable bonds is 0. The van der Waals surface area contributed by atoms with Crippen molar-refractivity contribution in [2.24, 2.45) is 0 Å². The van der Waals surface area contributed by atoms with Gasteiger partial charge in [-0.2, -0.15) is 0 Å². The molecule has 0 fully saturated rings. The van der Waals surface area contributed by atoms with Crippen LogP contribution in [0.2, 0.25) is 0 Å². The molecule has 0 saturated heterocycles. The van der Waals surface area contributed by atoms with E-state index in [4.69, 9.17) is 140 Å². The molecule has 34 heteroatoms. The van der Waals surface area contributed by atoms with Crippen molar-refractivity contribution in [2.45, 2.75) is 0 Å². The van der Waals surface area contributed by atoms with E-state index in [1.54, 1.807) is 0 Å². The van der Waals surface area contributed by atoms with Crippen LogP contribution in [-0.2, 0) is 38.4 Å². The van der Waals surface area contributed by atoms with Gasteiger partial charge in [0.1, 0.15) is 0 Å². The van der Waals surface area contributed by atoms with Crippen LogP contribution in [0.3, 0.4) is 0 Å². The first-order chi connectivity index (χ1) is 17.5. The first kappa shape index (κ1) is 65.2. The molecule has 0 aromatic carbocycles. The summed E-state index contributed by atoms with van der Waals surface area (Å²) in [5.41, 5.74) is 0. The van der Waals surface area contributed by atoms with Gasteiger partial charge in [0.15, 0.2) is 0 Å². The average molecular weight is 766 g/mol. The van der Waals surface area contributed by atoms with Crippen LogP contribution in [-0.4, -0.2) is 109 Å². The first-order valence-corrected chi connectivity index (χ1v) is 6.61. The zero-order valence-corrected chi connectivity index (χ0v) is 22.2. The molecule has 0 amide bonds. The molecule has 0 atom stereocenters. The van der Waals surface area contributed by atoms with Gasteiger partial charge in [-0.1, -0.05) is 0 Å². The van der Waals surface area contributed by atoms with Gasteiger partial charge in [-0.15, -0.1) is 0 Å². The number of hydrogen-bond donors (Lipinski definition) is 9. The number of aliphatic carboxylic acids is 8. The third-order valence-electron chi connectivity index (χ3n) is 0.732. The number of hydrogen-bond acceptors (Lipinski definition) is 20. The quantitative estimate of drug-likeness (QED) is 0.0645. The number of quaternary nitrogens is 1. The van der Waals surface area contributed by atoms with E-state index < -0.39 is 68.1 Å². The zero-order chi connectivity index (χ0) is 34.9. The Kier molecular flexibility index (Phi) is 69.6. The summed E-state index contributed by atoms with van der Waals surface area (Å²) in [6.07, 6.45) is 0. The topological polar surface area (TPSA) is 600 Å². The molecule has 12 N–H and O–H groups in total. The molecule has 0 aliphatic carbocycles. The number of carboxylic acid groups (broad SMARTS) is 8. The monoisotopic (exact) mass is 766 g/mol. The maximum atomic E-state index is 9.10. The van der Waals surface area contributed by atoms with Crippen LogP contribution in [0.25, 0.3) is 0 Å². The summed E-state index contributed by atoms with van der Waals surface area (Å²) in [5.74, 6) is -14.6. The molecule has 0 aliphatic rings. The van der Waals surface area contributed by atoms with Crippen LogP contribution < -0.4 is 6.15 Å². The summed E-state index contributed by atoms with van der Waals surface area (Å²) in [4.78, 5) is 106. The smallest absolute Gasteiger partial charge is 0.473 e. The molecule has 0 aromatic rings. The van der Waals surface area contributed by atoms with Crippen molar-refractivity contribution in [3.63, 3.8) is 0 Å². The second-order valence-corrected chi connectivity index (χ2v) is 3.34. The average Bonchev–Trinajstić information content (AvgIpc) is 2.67. The normalized spacial score (nSPS) is 6.48. The van der Waals surface area contributed by atoms with Gasteiger partial charge in [-0.25, -0.2) is 38.4 Å². The largest absolute Gasteiger partial charge is 3.00 e. The maximum absolute atomic E-state index is 9.10. The Morgan fingerprint density at radius 2 is 0.333 bits per heavy atom. The predicted molar refractivity (Wildman–Crippen MR) is 109 cm³/mol. The van der Waals surface area contributed by atoms with Crippen molar-refractivity contribution in [1.29, 1.82) is 0 Å². The molecule has 0 unspecified atom stereocenters. The molecule has 0 spiro atoms. The second-order valence-electron chi connectivity index (χ2n) is 3.34. The van der Waals surface area contributed by atoms with Gasteiger partial charge in [0.25, 0.3) is 0 Å². The van der Waals surface area contributed by atoms with E-state index in [1.807, 2.05) is 0 Å². The molecule has 0 heterocycles. The van der Waals surface area contributed by atoms with Gasteiger partial charge in [0.2, 0.25) is 0 Å². The number of carbonyl (C=O) groups is 8. The van der Waals surface area contributed by atoms with Gasteiger partial charge in [-0.3, -0.25) is 0 Å². The van der Waals surface area contributed by atoms with Gasteiger partial charge >= 0.3 is 89.5 Å². The van der Waals surface area contributed by atoms with Gasteiger partial charge in [0.05, 0.1) is 20.3 Å². The van der Waals surface area contributed by atoms with E-state index in [0.29, 0.717) is 0 Å². The Hall–Kier alpha value is -6.10. The summed E-state index contributed by atoms with van der Waals surface area (Å²) in [7, 11) is 0. The number of nitrogens with zero attached hydrogens (tertiary/aromatic N) is 4. The van der Waals surface area contributed by atoms with Crippen molar-refractivity contribution >= 4 is 47.8 Å². The summed E-state index contributed by atoms with van der Waals surface area (Å²) >= 11 is 0. The summed E-state index contributed by atoms with van der Waals surface area (Å²) in [6.45, 7) is 0. The summed E-state index contributed by atoms with van der Waals surface area (Å²) in [5, 5.41) is 118. The molecular formula is C8H12CeN5O28. The Morgan fingerprint density at radius 3 is 0.333 bits per heavy atom. The van der Waals surface area contributed by atoms with Gasteiger partial charge in [-0.05, 0) is 0 Å². The van der Waals surface area contributed by atoms with Crippen LogP contribution in [0.4, 0.5) is 0 Å². The van der Waals surface area contributed by atoms with Crippen LogP contribution in [0.1, 0.15) is 0 Å². The van der Waals surface area contributed by atoms with Crippen molar-refractivity contribution in [1.82, 2.24) is 6.15 Å². The van der Waals surface area contributed by atoms with Crippen LogP contribution in [0.15, 0.2) is 0 Å². The van der Waals surface area contributed by atoms with Crippen molar-refractivity contribution in [3.05, 3.63) is 61.3 Å². The van der Waals surface area contributed by atoms with E-state index in [1.165, 1.54) is 0 Å². The minimum Gasteiger partial charge on any atom is -0.473 e. The molecular weight excluding hydrogens is 754 g/mol. The fourth-order valence-electron chi connectivity index (χ4n) is 0.